The predicted molar refractivity (Wildman–Crippen MR) is 70.5 cm³/mol. The van der Waals surface area contributed by atoms with Crippen molar-refractivity contribution in [3.8, 4) is 17.0 Å². The number of para-hydroxylation sites is 1. The van der Waals surface area contributed by atoms with Crippen molar-refractivity contribution in [3.05, 3.63) is 36.8 Å². The minimum absolute atomic E-state index is 0.723. The number of benzene rings is 1. The van der Waals surface area contributed by atoms with Gasteiger partial charge in [0.1, 0.15) is 18.2 Å². The fraction of sp³-hybridized carbons (Fsp3) is 0.143. The largest absolute Gasteiger partial charge is 0.493 e. The summed E-state index contributed by atoms with van der Waals surface area (Å²) in [6.45, 7) is 1.08. The van der Waals surface area contributed by atoms with E-state index in [1.807, 2.05) is 24.3 Å². The number of aromatic nitrogens is 1. The minimum atomic E-state index is -0.833. The smallest absolute Gasteiger partial charge is 0.300 e. The highest BCUT2D eigenvalue weighted by Gasteiger charge is 2.16. The molecule has 3 rings (SSSR count). The van der Waals surface area contributed by atoms with Crippen LogP contribution in [0.4, 0.5) is 0 Å². The van der Waals surface area contributed by atoms with E-state index in [2.05, 4.69) is 4.98 Å². The average molecular weight is 259 g/mol. The number of rotatable bonds is 1. The van der Waals surface area contributed by atoms with Gasteiger partial charge in [0, 0.05) is 12.3 Å². The molecule has 98 valence electrons. The SMILES string of the molecule is CC(=O)O.COc1cocc2nc3ccccc3c1-2. The third-order valence-corrected chi connectivity index (χ3v) is 2.49. The Balaban J connectivity index is 0.000000297. The second kappa shape index (κ2) is 5.39. The molecule has 1 aromatic rings. The molecule has 2 aliphatic heterocycles. The topological polar surface area (TPSA) is 72.6 Å². The summed E-state index contributed by atoms with van der Waals surface area (Å²) in [6.07, 6.45) is 3.23. The number of carbonyl (C=O) groups is 1. The van der Waals surface area contributed by atoms with E-state index in [-0.39, 0.29) is 0 Å². The number of aliphatic carboxylic acids is 1. The second-order valence-electron chi connectivity index (χ2n) is 3.85. The number of carboxylic acid groups (broad SMARTS) is 1. The molecular formula is C14H13NO4. The molecule has 0 atom stereocenters. The zero-order valence-corrected chi connectivity index (χ0v) is 10.6. The molecule has 0 fully saturated rings. The number of hydrogen-bond acceptors (Lipinski definition) is 4. The lowest BCUT2D eigenvalue weighted by Gasteiger charge is -2.04. The summed E-state index contributed by atoms with van der Waals surface area (Å²) in [5.74, 6) is -0.110. The van der Waals surface area contributed by atoms with Gasteiger partial charge in [0.25, 0.3) is 5.97 Å². The molecule has 5 heteroatoms. The Bertz CT molecular complexity index is 670. The van der Waals surface area contributed by atoms with Crippen LogP contribution in [0.2, 0.25) is 0 Å². The Labute approximate surface area is 109 Å². The Morgan fingerprint density at radius 2 is 2.00 bits per heavy atom. The van der Waals surface area contributed by atoms with E-state index in [0.717, 1.165) is 34.8 Å². The number of nitrogens with zero attached hydrogens (tertiary/aromatic N) is 1. The van der Waals surface area contributed by atoms with Crippen LogP contribution in [0.1, 0.15) is 6.92 Å². The van der Waals surface area contributed by atoms with Crippen LogP contribution in [0.15, 0.2) is 41.2 Å². The molecule has 1 aromatic carbocycles. The van der Waals surface area contributed by atoms with Crippen LogP contribution in [0.25, 0.3) is 22.2 Å². The Hall–Kier alpha value is -2.56. The predicted octanol–water partition coefficient (Wildman–Crippen LogP) is 3.03. The van der Waals surface area contributed by atoms with Crippen LogP contribution in [0, 0.1) is 0 Å². The molecule has 2 heterocycles. The summed E-state index contributed by atoms with van der Waals surface area (Å²) in [6, 6.07) is 7.98. The molecule has 0 bridgehead atoms. The lowest BCUT2D eigenvalue weighted by Crippen LogP contribution is -1.86. The maximum atomic E-state index is 9.00. The standard InChI is InChI=1S/C12H9NO2.C2H4O2/c1-14-11-7-15-6-10-12(11)8-4-2-3-5-9(8)13-10;1-2(3)4/h2-7H,1H3;1H3,(H,3,4). The monoisotopic (exact) mass is 259 g/mol. The number of hydrogen-bond donors (Lipinski definition) is 1. The molecule has 5 nitrogen and oxygen atoms in total. The number of methoxy groups -OCH3 is 1. The minimum Gasteiger partial charge on any atom is -0.493 e. The Morgan fingerprint density at radius 1 is 1.32 bits per heavy atom. The molecule has 0 aromatic heterocycles. The van der Waals surface area contributed by atoms with E-state index in [4.69, 9.17) is 19.1 Å². The molecule has 0 aliphatic carbocycles. The summed E-state index contributed by atoms with van der Waals surface area (Å²) in [5, 5.41) is 8.51. The van der Waals surface area contributed by atoms with Gasteiger partial charge in [-0.25, -0.2) is 4.98 Å². The van der Waals surface area contributed by atoms with Crippen molar-refractivity contribution in [2.45, 2.75) is 6.92 Å². The van der Waals surface area contributed by atoms with Gasteiger partial charge in [-0.2, -0.15) is 0 Å². The average Bonchev–Trinajstić information content (AvgIpc) is 2.76. The normalized spacial score (nSPS) is 10.0. The molecule has 2 aliphatic rings. The first kappa shape index (κ1) is 12.9. The van der Waals surface area contributed by atoms with Crippen LogP contribution in [-0.2, 0) is 4.79 Å². The maximum Gasteiger partial charge on any atom is 0.300 e. The summed E-state index contributed by atoms with van der Waals surface area (Å²) in [5.41, 5.74) is 2.81. The van der Waals surface area contributed by atoms with Crippen LogP contribution in [0.5, 0.6) is 5.75 Å². The zero-order valence-electron chi connectivity index (χ0n) is 10.6. The quantitative estimate of drug-likeness (QED) is 0.727. The summed E-state index contributed by atoms with van der Waals surface area (Å²) in [7, 11) is 1.63. The lowest BCUT2D eigenvalue weighted by molar-refractivity contribution is -0.134. The molecule has 19 heavy (non-hydrogen) atoms. The molecule has 0 spiro atoms. The van der Waals surface area contributed by atoms with Crippen molar-refractivity contribution in [3.63, 3.8) is 0 Å². The van der Waals surface area contributed by atoms with Gasteiger partial charge in [-0.1, -0.05) is 18.2 Å². The number of ether oxygens (including phenoxy) is 1. The van der Waals surface area contributed by atoms with Crippen molar-refractivity contribution in [2.75, 3.05) is 7.11 Å². The van der Waals surface area contributed by atoms with Gasteiger partial charge in [-0.15, -0.1) is 0 Å². The van der Waals surface area contributed by atoms with Crippen molar-refractivity contribution >= 4 is 16.9 Å². The Kier molecular flexibility index (Phi) is 3.66. The highest BCUT2D eigenvalue weighted by Crippen LogP contribution is 2.37. The van der Waals surface area contributed by atoms with E-state index < -0.39 is 5.97 Å². The van der Waals surface area contributed by atoms with Crippen LogP contribution < -0.4 is 4.74 Å². The Morgan fingerprint density at radius 3 is 2.68 bits per heavy atom. The van der Waals surface area contributed by atoms with Gasteiger partial charge < -0.3 is 14.3 Å². The van der Waals surface area contributed by atoms with Crippen LogP contribution >= 0.6 is 0 Å². The van der Waals surface area contributed by atoms with Gasteiger partial charge >= 0.3 is 0 Å². The maximum absolute atomic E-state index is 9.00. The summed E-state index contributed by atoms with van der Waals surface area (Å²) >= 11 is 0. The van der Waals surface area contributed by atoms with Gasteiger partial charge in [0.2, 0.25) is 0 Å². The third-order valence-electron chi connectivity index (χ3n) is 2.49. The van der Waals surface area contributed by atoms with Crippen molar-refractivity contribution in [1.82, 2.24) is 4.98 Å². The molecule has 0 unspecified atom stereocenters. The summed E-state index contributed by atoms with van der Waals surface area (Å²) in [4.78, 5) is 13.5. The highest BCUT2D eigenvalue weighted by atomic mass is 16.5. The van der Waals surface area contributed by atoms with Crippen molar-refractivity contribution in [2.24, 2.45) is 0 Å². The lowest BCUT2D eigenvalue weighted by atomic mass is 10.1. The first-order chi connectivity index (χ1) is 9.13. The fourth-order valence-corrected chi connectivity index (χ4v) is 1.82. The van der Waals surface area contributed by atoms with Gasteiger partial charge in [-0.05, 0) is 6.07 Å². The van der Waals surface area contributed by atoms with E-state index >= 15 is 0 Å². The van der Waals surface area contributed by atoms with E-state index in [1.54, 1.807) is 19.6 Å². The molecule has 0 amide bonds. The molecule has 0 radical (unpaired) electrons. The van der Waals surface area contributed by atoms with Crippen LogP contribution in [0.3, 0.4) is 0 Å². The second-order valence-corrected chi connectivity index (χ2v) is 3.85. The summed E-state index contributed by atoms with van der Waals surface area (Å²) < 4.78 is 10.4. The van der Waals surface area contributed by atoms with Gasteiger partial charge in [0.05, 0.1) is 18.2 Å². The first-order valence-electron chi connectivity index (χ1n) is 5.61. The molecule has 0 saturated heterocycles. The van der Waals surface area contributed by atoms with Crippen molar-refractivity contribution in [1.29, 1.82) is 0 Å². The van der Waals surface area contributed by atoms with E-state index in [0.29, 0.717) is 0 Å². The van der Waals surface area contributed by atoms with Crippen molar-refractivity contribution < 1.29 is 19.1 Å². The van der Waals surface area contributed by atoms with Crippen LogP contribution in [-0.4, -0.2) is 23.2 Å². The number of fused-ring (bicyclic) bond motifs is 3. The molecule has 0 saturated carbocycles. The first-order valence-corrected chi connectivity index (χ1v) is 5.61. The number of carboxylic acids is 1. The fourth-order valence-electron chi connectivity index (χ4n) is 1.82. The molecule has 1 N–H and O–H groups in total. The van der Waals surface area contributed by atoms with Gasteiger partial charge in [0.15, 0.2) is 5.75 Å². The molecular weight excluding hydrogens is 246 g/mol. The highest BCUT2D eigenvalue weighted by molar-refractivity contribution is 5.99. The van der Waals surface area contributed by atoms with E-state index in [1.165, 1.54) is 0 Å². The van der Waals surface area contributed by atoms with Gasteiger partial charge in [-0.3, -0.25) is 4.79 Å². The third kappa shape index (κ3) is 2.65. The zero-order chi connectivity index (χ0) is 13.8. The van der Waals surface area contributed by atoms with E-state index in [9.17, 15) is 0 Å².